The fraction of sp³-hybridized carbons (Fsp3) is 0.286. The third-order valence-electron chi connectivity index (χ3n) is 1.16. The summed E-state index contributed by atoms with van der Waals surface area (Å²) in [6, 6.07) is 3.86. The van der Waals surface area contributed by atoms with Crippen molar-refractivity contribution in [2.45, 2.75) is 13.0 Å². The average molecular weight is 154 g/mol. The zero-order chi connectivity index (χ0) is 7.40. The highest BCUT2D eigenvalue weighted by atomic mass is 32.1. The summed E-state index contributed by atoms with van der Waals surface area (Å²) in [7, 11) is 0. The molecule has 0 amide bonds. The van der Waals surface area contributed by atoms with Crippen LogP contribution in [-0.4, -0.2) is 6.29 Å². The first kappa shape index (κ1) is 7.44. The van der Waals surface area contributed by atoms with E-state index < -0.39 is 0 Å². The summed E-state index contributed by atoms with van der Waals surface area (Å²) in [5.41, 5.74) is 5.37. The fourth-order valence-corrected chi connectivity index (χ4v) is 1.52. The minimum absolute atomic E-state index is 0.394. The van der Waals surface area contributed by atoms with Gasteiger partial charge in [0, 0.05) is 22.7 Å². The second-order valence-corrected chi connectivity index (χ2v) is 3.15. The molecule has 1 aromatic rings. The van der Waals surface area contributed by atoms with Crippen LogP contribution in [0.25, 0.3) is 0 Å². The van der Waals surface area contributed by atoms with Gasteiger partial charge >= 0.3 is 0 Å². The van der Waals surface area contributed by atoms with Crippen molar-refractivity contribution in [3.05, 3.63) is 21.9 Å². The molecule has 10 heavy (non-hydrogen) atoms. The van der Waals surface area contributed by atoms with Crippen LogP contribution in [-0.2, 0) is 17.8 Å². The Morgan fingerprint density at radius 3 is 2.70 bits per heavy atom. The predicted octanol–water partition coefficient (Wildman–Crippen LogP) is 0.859. The first-order chi connectivity index (χ1) is 4.86. The molecule has 2 nitrogen and oxygen atoms in total. The zero-order valence-corrected chi connectivity index (χ0v) is 6.28. The van der Waals surface area contributed by atoms with Crippen LogP contribution in [0.3, 0.4) is 0 Å². The van der Waals surface area contributed by atoms with Crippen LogP contribution in [0.15, 0.2) is 12.1 Å². The van der Waals surface area contributed by atoms with Gasteiger partial charge in [0.1, 0.15) is 0 Å². The van der Waals surface area contributed by atoms with E-state index in [1.807, 2.05) is 18.4 Å². The third kappa shape index (κ3) is 1.65. The quantitative estimate of drug-likeness (QED) is 0.701. The van der Waals surface area contributed by atoms with Crippen molar-refractivity contribution in [1.82, 2.24) is 0 Å². The molecular weight excluding hydrogens is 146 g/mol. The van der Waals surface area contributed by atoms with Gasteiger partial charge in [-0.25, -0.2) is 0 Å². The van der Waals surface area contributed by atoms with Crippen LogP contribution in [0, 0.1) is 0 Å². The van der Waals surface area contributed by atoms with E-state index in [9.17, 15) is 4.79 Å². The molecule has 0 aliphatic rings. The monoisotopic (exact) mass is 154 g/mol. The molecule has 0 atom stereocenters. The first-order valence-corrected chi connectivity index (χ1v) is 3.81. The molecule has 0 aliphatic heterocycles. The molecule has 0 aliphatic carbocycles. The topological polar surface area (TPSA) is 43.1 Å². The van der Waals surface area contributed by atoms with Crippen LogP contribution < -0.4 is 5.73 Å². The van der Waals surface area contributed by atoms with Crippen molar-refractivity contribution < 1.29 is 4.79 Å². The number of hydrogen-bond acceptors (Lipinski definition) is 3. The van der Waals surface area contributed by atoms with Gasteiger partial charge in [0.05, 0.1) is 0 Å². The van der Waals surface area contributed by atoms with Crippen molar-refractivity contribution >= 4 is 17.6 Å². The van der Waals surface area contributed by atoms with Crippen molar-refractivity contribution in [2.24, 2.45) is 5.73 Å². The molecule has 0 bridgehead atoms. The second-order valence-electron chi connectivity index (χ2n) is 1.89. The summed E-state index contributed by atoms with van der Waals surface area (Å²) >= 11 is 1.57. The van der Waals surface area contributed by atoms with Gasteiger partial charge in [0.2, 0.25) is 6.29 Å². The molecule has 1 heterocycles. The summed E-state index contributed by atoms with van der Waals surface area (Å²) in [5.74, 6) is 0. The number of thiophene rings is 1. The molecular formula is C7H8NOS. The largest absolute Gasteiger partial charge is 0.326 e. The lowest BCUT2D eigenvalue weighted by Gasteiger charge is -1.83. The molecule has 53 valence electrons. The lowest BCUT2D eigenvalue weighted by Crippen LogP contribution is -1.91. The highest BCUT2D eigenvalue weighted by Gasteiger charge is 1.96. The zero-order valence-electron chi connectivity index (χ0n) is 5.46. The summed E-state index contributed by atoms with van der Waals surface area (Å²) < 4.78 is 0. The average Bonchev–Trinajstić information content (AvgIpc) is 2.37. The van der Waals surface area contributed by atoms with Crippen molar-refractivity contribution in [2.75, 3.05) is 0 Å². The Kier molecular flexibility index (Phi) is 2.59. The van der Waals surface area contributed by atoms with E-state index in [0.29, 0.717) is 13.0 Å². The van der Waals surface area contributed by atoms with Crippen LogP contribution >= 0.6 is 11.3 Å². The molecule has 1 rings (SSSR count). The molecule has 0 spiro atoms. The van der Waals surface area contributed by atoms with Crippen LogP contribution in [0.5, 0.6) is 0 Å². The summed E-state index contributed by atoms with van der Waals surface area (Å²) in [6.45, 7) is 0.559. The van der Waals surface area contributed by atoms with Gasteiger partial charge in [-0.1, -0.05) is 0 Å². The Balaban J connectivity index is 2.67. The summed E-state index contributed by atoms with van der Waals surface area (Å²) in [5, 5.41) is 0. The van der Waals surface area contributed by atoms with Gasteiger partial charge in [0.15, 0.2) is 0 Å². The van der Waals surface area contributed by atoms with E-state index in [1.54, 1.807) is 11.3 Å². The summed E-state index contributed by atoms with van der Waals surface area (Å²) in [4.78, 5) is 12.1. The number of hydrogen-bond donors (Lipinski definition) is 1. The van der Waals surface area contributed by atoms with E-state index in [-0.39, 0.29) is 0 Å². The highest BCUT2D eigenvalue weighted by Crippen LogP contribution is 2.15. The molecule has 1 aromatic heterocycles. The van der Waals surface area contributed by atoms with Crippen LogP contribution in [0.4, 0.5) is 0 Å². The molecule has 0 fully saturated rings. The summed E-state index contributed by atoms with van der Waals surface area (Å²) in [6.07, 6.45) is 2.23. The number of rotatable bonds is 3. The SMILES string of the molecule is NCc1ccc(C[C]=O)s1. The van der Waals surface area contributed by atoms with Gasteiger partial charge in [-0.15, -0.1) is 11.3 Å². The maximum Gasteiger partial charge on any atom is 0.203 e. The Morgan fingerprint density at radius 1 is 1.50 bits per heavy atom. The van der Waals surface area contributed by atoms with E-state index in [4.69, 9.17) is 5.73 Å². The van der Waals surface area contributed by atoms with E-state index >= 15 is 0 Å². The van der Waals surface area contributed by atoms with Gasteiger partial charge in [-0.05, 0) is 12.1 Å². The lowest BCUT2D eigenvalue weighted by atomic mass is 10.3. The maximum atomic E-state index is 9.92. The minimum atomic E-state index is 0.394. The van der Waals surface area contributed by atoms with Gasteiger partial charge in [-0.2, -0.15) is 0 Å². The fourth-order valence-electron chi connectivity index (χ4n) is 0.698. The Labute approximate surface area is 63.7 Å². The Morgan fingerprint density at radius 2 is 2.20 bits per heavy atom. The van der Waals surface area contributed by atoms with E-state index in [0.717, 1.165) is 9.75 Å². The molecule has 0 aromatic carbocycles. The first-order valence-electron chi connectivity index (χ1n) is 2.99. The standard InChI is InChI=1S/C7H8NOS/c8-5-7-2-1-6(10-7)3-4-9/h1-2H,3,5,8H2. The van der Waals surface area contributed by atoms with Crippen LogP contribution in [0.1, 0.15) is 9.75 Å². The van der Waals surface area contributed by atoms with Gasteiger partial charge in [-0.3, -0.25) is 4.79 Å². The second kappa shape index (κ2) is 3.49. The number of nitrogens with two attached hydrogens (primary N) is 1. The van der Waals surface area contributed by atoms with Crippen LogP contribution in [0.2, 0.25) is 0 Å². The molecule has 2 N–H and O–H groups in total. The Bertz CT molecular complexity index is 219. The van der Waals surface area contributed by atoms with Gasteiger partial charge in [0.25, 0.3) is 0 Å². The minimum Gasteiger partial charge on any atom is -0.326 e. The van der Waals surface area contributed by atoms with Crippen molar-refractivity contribution in [3.63, 3.8) is 0 Å². The molecule has 3 heteroatoms. The normalized spacial score (nSPS) is 9.70. The lowest BCUT2D eigenvalue weighted by molar-refractivity contribution is 0.555. The van der Waals surface area contributed by atoms with Gasteiger partial charge < -0.3 is 5.73 Å². The molecule has 0 saturated carbocycles. The molecule has 1 radical (unpaired) electrons. The highest BCUT2D eigenvalue weighted by molar-refractivity contribution is 7.12. The Hall–Kier alpha value is -0.670. The maximum absolute atomic E-state index is 9.92. The molecule has 0 saturated heterocycles. The van der Waals surface area contributed by atoms with E-state index in [1.165, 1.54) is 0 Å². The third-order valence-corrected chi connectivity index (χ3v) is 2.27. The predicted molar refractivity (Wildman–Crippen MR) is 41.6 cm³/mol. The molecule has 0 unspecified atom stereocenters. The van der Waals surface area contributed by atoms with Crippen molar-refractivity contribution in [1.29, 1.82) is 0 Å². The van der Waals surface area contributed by atoms with Crippen molar-refractivity contribution in [3.8, 4) is 0 Å². The van der Waals surface area contributed by atoms with E-state index in [2.05, 4.69) is 0 Å². The smallest absolute Gasteiger partial charge is 0.203 e. The number of carbonyl (C=O) groups excluding carboxylic acids is 1.